The van der Waals surface area contributed by atoms with Crippen LogP contribution >= 0.6 is 0 Å². The number of ketones is 1. The normalized spacial score (nSPS) is 10.3. The highest BCUT2D eigenvalue weighted by atomic mass is 16.3. The Bertz CT molecular complexity index is 881. The van der Waals surface area contributed by atoms with Crippen LogP contribution in [0.3, 0.4) is 0 Å². The number of Topliss-reactive ketones (excluding diaryl/α,β-unsaturated/α-hetero) is 1. The van der Waals surface area contributed by atoms with Crippen molar-refractivity contribution in [1.29, 1.82) is 0 Å². The molecule has 2 aromatic rings. The van der Waals surface area contributed by atoms with Gasteiger partial charge in [-0.05, 0) is 60.7 Å². The first-order chi connectivity index (χ1) is 12.1. The number of aliphatic hydroxyl groups excluding tert-OH is 1. The molecule has 2 aromatic carbocycles. The second kappa shape index (κ2) is 7.40. The monoisotopic (exact) mass is 344 g/mol. The Kier molecular flexibility index (Phi) is 5.47. The highest BCUT2D eigenvalue weighted by molar-refractivity contribution is 6.00. The molecule has 0 aromatic heterocycles. The smallest absolute Gasteiger partial charge is 0.160 e. The molecule has 1 N–H and O–H groups in total. The molecule has 0 aliphatic carbocycles. The van der Waals surface area contributed by atoms with Crippen LogP contribution in [0.5, 0.6) is 0 Å². The van der Waals surface area contributed by atoms with Crippen molar-refractivity contribution in [3.8, 4) is 0 Å². The highest BCUT2D eigenvalue weighted by Gasteiger charge is 2.13. The Balaban J connectivity index is 2.56. The Labute approximate surface area is 155 Å². The van der Waals surface area contributed by atoms with E-state index in [9.17, 15) is 9.90 Å². The lowest BCUT2D eigenvalue weighted by atomic mass is 9.90. The lowest BCUT2D eigenvalue weighted by Crippen LogP contribution is -2.00. The van der Waals surface area contributed by atoms with E-state index in [2.05, 4.69) is 26.3 Å². The first kappa shape index (κ1) is 19.2. The predicted molar refractivity (Wildman–Crippen MR) is 112 cm³/mol. The van der Waals surface area contributed by atoms with Gasteiger partial charge < -0.3 is 5.11 Å². The van der Waals surface area contributed by atoms with Gasteiger partial charge in [0.25, 0.3) is 0 Å². The zero-order valence-corrected chi connectivity index (χ0v) is 15.6. The van der Waals surface area contributed by atoms with Crippen LogP contribution in [0.1, 0.15) is 58.9 Å². The maximum absolute atomic E-state index is 12.0. The van der Waals surface area contributed by atoms with Crippen LogP contribution in [-0.4, -0.2) is 10.9 Å². The first-order valence-electron chi connectivity index (χ1n) is 8.32. The number of benzene rings is 2. The minimum absolute atomic E-state index is 0.0142. The minimum atomic E-state index is -0.0142. The number of rotatable bonds is 6. The van der Waals surface area contributed by atoms with E-state index in [0.29, 0.717) is 11.1 Å². The van der Waals surface area contributed by atoms with E-state index in [1.165, 1.54) is 0 Å². The van der Waals surface area contributed by atoms with Gasteiger partial charge in [-0.15, -0.1) is 0 Å². The molecule has 0 aliphatic rings. The van der Waals surface area contributed by atoms with Crippen LogP contribution in [0.25, 0.3) is 22.5 Å². The topological polar surface area (TPSA) is 37.3 Å². The lowest BCUT2D eigenvalue weighted by Gasteiger charge is -2.14. The molecule has 2 heteroatoms. The first-order valence-corrected chi connectivity index (χ1v) is 8.32. The molecular weight excluding hydrogens is 320 g/mol. The van der Waals surface area contributed by atoms with Crippen molar-refractivity contribution < 1.29 is 9.90 Å². The van der Waals surface area contributed by atoms with Gasteiger partial charge in [-0.2, -0.15) is 0 Å². The number of allylic oxidation sites excluding steroid dienone is 2. The van der Waals surface area contributed by atoms with Crippen LogP contribution in [-0.2, 0) is 0 Å². The van der Waals surface area contributed by atoms with E-state index in [1.807, 2.05) is 50.2 Å². The Morgan fingerprint density at radius 1 is 0.731 bits per heavy atom. The van der Waals surface area contributed by atoms with E-state index in [1.54, 1.807) is 6.92 Å². The number of aliphatic hydroxyl groups is 1. The fraction of sp³-hybridized carbons (Fsp3) is 0.125. The van der Waals surface area contributed by atoms with E-state index in [-0.39, 0.29) is 11.5 Å². The number of hydrogen-bond acceptors (Lipinski definition) is 2. The molecule has 0 heterocycles. The zero-order valence-electron chi connectivity index (χ0n) is 15.6. The summed E-state index contributed by atoms with van der Waals surface area (Å²) in [6, 6.07) is 11.3. The summed E-state index contributed by atoms with van der Waals surface area (Å²) in [5, 5.41) is 9.92. The number of carbonyl (C=O) groups is 1. The third-order valence-corrected chi connectivity index (χ3v) is 4.35. The third-order valence-electron chi connectivity index (χ3n) is 4.35. The lowest BCUT2D eigenvalue weighted by molar-refractivity contribution is 0.101. The second-order valence-electron chi connectivity index (χ2n) is 6.56. The van der Waals surface area contributed by atoms with Gasteiger partial charge in [-0.3, -0.25) is 4.79 Å². The summed E-state index contributed by atoms with van der Waals surface area (Å²) in [5.41, 5.74) is 7.08. The summed E-state index contributed by atoms with van der Waals surface area (Å²) in [7, 11) is 0. The van der Waals surface area contributed by atoms with Crippen LogP contribution in [0.4, 0.5) is 0 Å². The third kappa shape index (κ3) is 3.75. The van der Waals surface area contributed by atoms with Crippen LogP contribution in [0, 0.1) is 0 Å². The van der Waals surface area contributed by atoms with Crippen molar-refractivity contribution in [3.05, 3.63) is 96.1 Å². The van der Waals surface area contributed by atoms with Gasteiger partial charge in [0.15, 0.2) is 5.78 Å². The zero-order chi connectivity index (χ0) is 19.6. The van der Waals surface area contributed by atoms with E-state index in [4.69, 9.17) is 0 Å². The average Bonchev–Trinajstić information content (AvgIpc) is 2.59. The van der Waals surface area contributed by atoms with Gasteiger partial charge in [0.05, 0.1) is 0 Å². The Hall–Kier alpha value is -3.13. The van der Waals surface area contributed by atoms with Crippen molar-refractivity contribution in [2.24, 2.45) is 0 Å². The molecule has 0 saturated heterocycles. The van der Waals surface area contributed by atoms with Crippen molar-refractivity contribution in [2.45, 2.75) is 20.8 Å². The summed E-state index contributed by atoms with van der Waals surface area (Å²) in [6.07, 6.45) is 0. The Morgan fingerprint density at radius 3 is 1.54 bits per heavy atom. The van der Waals surface area contributed by atoms with Crippen LogP contribution in [0.2, 0.25) is 0 Å². The molecule has 0 radical (unpaired) electrons. The van der Waals surface area contributed by atoms with Crippen molar-refractivity contribution in [2.75, 3.05) is 0 Å². The molecular formula is C24H24O2. The maximum Gasteiger partial charge on any atom is 0.160 e. The molecule has 2 nitrogen and oxygen atoms in total. The van der Waals surface area contributed by atoms with Crippen LogP contribution in [0.15, 0.2) is 62.7 Å². The SMILES string of the molecule is C=C(c1ccc(C(=C)C)c(C(=C)O)c1)c1ccc(C(=C)C)c(C(C)=O)c1. The number of carbonyl (C=O) groups excluding carboxylic acids is 1. The predicted octanol–water partition coefficient (Wildman–Crippen LogP) is 6.55. The van der Waals surface area contributed by atoms with Gasteiger partial charge >= 0.3 is 0 Å². The average molecular weight is 344 g/mol. The molecule has 0 atom stereocenters. The fourth-order valence-electron chi connectivity index (χ4n) is 2.90. The summed E-state index contributed by atoms with van der Waals surface area (Å²) in [4.78, 5) is 12.0. The van der Waals surface area contributed by atoms with Crippen molar-refractivity contribution in [1.82, 2.24) is 0 Å². The van der Waals surface area contributed by atoms with Gasteiger partial charge in [0.2, 0.25) is 0 Å². The van der Waals surface area contributed by atoms with Gasteiger partial charge in [0, 0.05) is 11.1 Å². The Morgan fingerprint density at radius 2 is 1.15 bits per heavy atom. The maximum atomic E-state index is 12.0. The fourth-order valence-corrected chi connectivity index (χ4v) is 2.90. The summed E-state index contributed by atoms with van der Waals surface area (Å²) in [5.74, 6) is -0.0283. The molecule has 0 saturated carbocycles. The summed E-state index contributed by atoms with van der Waals surface area (Å²) < 4.78 is 0. The number of hydrogen-bond donors (Lipinski definition) is 1. The molecule has 0 unspecified atom stereocenters. The molecule has 0 spiro atoms. The molecule has 0 fully saturated rings. The van der Waals surface area contributed by atoms with E-state index < -0.39 is 0 Å². The summed E-state index contributed by atoms with van der Waals surface area (Å²) in [6.45, 7) is 21.0. The van der Waals surface area contributed by atoms with E-state index >= 15 is 0 Å². The molecule has 2 rings (SSSR count). The quantitative estimate of drug-likeness (QED) is 0.477. The second-order valence-corrected chi connectivity index (χ2v) is 6.56. The molecule has 132 valence electrons. The van der Waals surface area contributed by atoms with Crippen LogP contribution < -0.4 is 0 Å². The van der Waals surface area contributed by atoms with Crippen molar-refractivity contribution >= 4 is 28.3 Å². The molecule has 0 aliphatic heterocycles. The molecule has 0 amide bonds. The minimum Gasteiger partial charge on any atom is -0.508 e. The summed E-state index contributed by atoms with van der Waals surface area (Å²) >= 11 is 0. The molecule has 0 bridgehead atoms. The highest BCUT2D eigenvalue weighted by Crippen LogP contribution is 2.30. The standard InChI is InChI=1S/C24H24O2/c1-14(2)21-10-8-19(12-23(21)17(6)25)16(5)20-9-11-22(15(3)4)24(13-20)18(7)26/h8-13,25H,1,3,5-6H2,2,4,7H3. The van der Waals surface area contributed by atoms with E-state index in [0.717, 1.165) is 39.0 Å². The van der Waals surface area contributed by atoms with Gasteiger partial charge in [0.1, 0.15) is 5.76 Å². The molecule has 26 heavy (non-hydrogen) atoms. The van der Waals surface area contributed by atoms with Gasteiger partial charge in [-0.1, -0.05) is 61.7 Å². The van der Waals surface area contributed by atoms with Gasteiger partial charge in [-0.25, -0.2) is 0 Å². The van der Waals surface area contributed by atoms with Crippen molar-refractivity contribution in [3.63, 3.8) is 0 Å². The largest absolute Gasteiger partial charge is 0.508 e.